The highest BCUT2D eigenvalue weighted by molar-refractivity contribution is 7.92. The smallest absolute Gasteiger partial charge is 0.264 e. The predicted molar refractivity (Wildman–Crippen MR) is 123 cm³/mol. The average molecular weight is 511 g/mol. The minimum Gasteiger partial charge on any atom is -0.486 e. The molecule has 7 nitrogen and oxygen atoms in total. The Morgan fingerprint density at radius 2 is 1.61 bits per heavy atom. The summed E-state index contributed by atoms with van der Waals surface area (Å²) in [5, 5.41) is 2.92. The Labute approximate surface area is 199 Å². The standard InChI is InChI=1S/C22H17Cl2FN2O5S/c23-17-2-1-3-18(24)22(17)26-21(28)13-27(15-6-4-14(25)5-7-15)33(29,30)16-8-9-19-20(12-16)32-11-10-31-19/h1-9,12H,10-11,13H2,(H,26,28). The van der Waals surface area contributed by atoms with Crippen molar-refractivity contribution in [1.82, 2.24) is 0 Å². The number of hydrogen-bond donors (Lipinski definition) is 1. The number of hydrogen-bond acceptors (Lipinski definition) is 5. The lowest BCUT2D eigenvalue weighted by Crippen LogP contribution is -2.38. The average Bonchev–Trinajstić information content (AvgIpc) is 2.80. The van der Waals surface area contributed by atoms with Crippen molar-refractivity contribution in [1.29, 1.82) is 0 Å². The number of sulfonamides is 1. The van der Waals surface area contributed by atoms with Crippen molar-refractivity contribution in [3.63, 3.8) is 0 Å². The summed E-state index contributed by atoms with van der Waals surface area (Å²) in [6.45, 7) is 0.00865. The van der Waals surface area contributed by atoms with Gasteiger partial charge in [-0.1, -0.05) is 29.3 Å². The molecule has 1 aliphatic rings. The van der Waals surface area contributed by atoms with Crippen LogP contribution in [-0.2, 0) is 14.8 Å². The molecular formula is C22H17Cl2FN2O5S. The normalized spacial score (nSPS) is 12.8. The van der Waals surface area contributed by atoms with E-state index in [1.165, 1.54) is 42.5 Å². The highest BCUT2D eigenvalue weighted by Gasteiger charge is 2.29. The Hall–Kier alpha value is -3.01. The summed E-state index contributed by atoms with van der Waals surface area (Å²) in [4.78, 5) is 12.7. The lowest BCUT2D eigenvalue weighted by molar-refractivity contribution is -0.114. The second kappa shape index (κ2) is 9.46. The molecule has 11 heteroatoms. The summed E-state index contributed by atoms with van der Waals surface area (Å²) in [5.41, 5.74) is 0.244. The van der Waals surface area contributed by atoms with Gasteiger partial charge in [0.2, 0.25) is 5.91 Å². The second-order valence-corrected chi connectivity index (χ2v) is 9.62. The molecule has 0 saturated heterocycles. The fourth-order valence-corrected chi connectivity index (χ4v) is 5.09. The monoisotopic (exact) mass is 510 g/mol. The third kappa shape index (κ3) is 5.00. The van der Waals surface area contributed by atoms with E-state index in [0.29, 0.717) is 12.4 Å². The van der Waals surface area contributed by atoms with E-state index >= 15 is 0 Å². The van der Waals surface area contributed by atoms with Crippen molar-refractivity contribution < 1.29 is 27.1 Å². The first-order valence-electron chi connectivity index (χ1n) is 9.67. The van der Waals surface area contributed by atoms with E-state index in [9.17, 15) is 17.6 Å². The summed E-state index contributed by atoms with van der Waals surface area (Å²) >= 11 is 12.2. The number of amides is 1. The number of para-hydroxylation sites is 1. The largest absolute Gasteiger partial charge is 0.486 e. The summed E-state index contributed by atoms with van der Waals surface area (Å²) in [6.07, 6.45) is 0. The van der Waals surface area contributed by atoms with Crippen molar-refractivity contribution in [3.8, 4) is 11.5 Å². The van der Waals surface area contributed by atoms with Crippen LogP contribution in [0.25, 0.3) is 0 Å². The number of anilines is 2. The molecule has 0 bridgehead atoms. The van der Waals surface area contributed by atoms with E-state index in [4.69, 9.17) is 32.7 Å². The summed E-state index contributed by atoms with van der Waals surface area (Å²) < 4.78 is 52.3. The number of nitrogens with zero attached hydrogens (tertiary/aromatic N) is 1. The van der Waals surface area contributed by atoms with E-state index in [1.54, 1.807) is 6.07 Å². The first kappa shape index (κ1) is 23.2. The number of halogens is 3. The number of rotatable bonds is 6. The molecule has 3 aromatic carbocycles. The second-order valence-electron chi connectivity index (χ2n) is 6.94. The van der Waals surface area contributed by atoms with Crippen molar-refractivity contribution >= 4 is 50.5 Å². The van der Waals surface area contributed by atoms with Crippen molar-refractivity contribution in [3.05, 3.63) is 76.5 Å². The highest BCUT2D eigenvalue weighted by Crippen LogP contribution is 2.34. The lowest BCUT2D eigenvalue weighted by Gasteiger charge is -2.25. The van der Waals surface area contributed by atoms with Crippen molar-refractivity contribution in [2.24, 2.45) is 0 Å². The Bertz CT molecular complexity index is 1280. The predicted octanol–water partition coefficient (Wildman–Crippen LogP) is 4.74. The number of benzene rings is 3. The van der Waals surface area contributed by atoms with E-state index in [1.807, 2.05) is 0 Å². The van der Waals surface area contributed by atoms with Crippen molar-refractivity contribution in [2.75, 3.05) is 29.4 Å². The molecule has 33 heavy (non-hydrogen) atoms. The van der Waals surface area contributed by atoms with Crippen LogP contribution in [0.15, 0.2) is 65.6 Å². The van der Waals surface area contributed by atoms with Gasteiger partial charge in [-0.15, -0.1) is 0 Å². The van der Waals surface area contributed by atoms with E-state index in [2.05, 4.69) is 5.32 Å². The molecule has 4 rings (SSSR count). The number of fused-ring (bicyclic) bond motifs is 1. The molecule has 1 N–H and O–H groups in total. The quantitative estimate of drug-likeness (QED) is 0.517. The zero-order valence-corrected chi connectivity index (χ0v) is 19.3. The minimum atomic E-state index is -4.26. The highest BCUT2D eigenvalue weighted by atomic mass is 35.5. The molecule has 0 fully saturated rings. The van der Waals surface area contributed by atoms with Gasteiger partial charge in [-0.05, 0) is 48.5 Å². The maximum absolute atomic E-state index is 13.5. The van der Waals surface area contributed by atoms with Crippen LogP contribution in [-0.4, -0.2) is 34.1 Å². The molecule has 0 saturated carbocycles. The maximum atomic E-state index is 13.5. The van der Waals surface area contributed by atoms with Gasteiger partial charge in [0.1, 0.15) is 25.6 Å². The fraction of sp³-hybridized carbons (Fsp3) is 0.136. The fourth-order valence-electron chi connectivity index (χ4n) is 3.16. The van der Waals surface area contributed by atoms with E-state index < -0.39 is 28.3 Å². The van der Waals surface area contributed by atoms with Crippen LogP contribution in [0.3, 0.4) is 0 Å². The van der Waals surface area contributed by atoms with E-state index in [0.717, 1.165) is 16.4 Å². The molecule has 0 radical (unpaired) electrons. The van der Waals surface area contributed by atoms with Crippen LogP contribution >= 0.6 is 23.2 Å². The molecule has 1 amide bonds. The molecule has 0 atom stereocenters. The molecule has 1 heterocycles. The van der Waals surface area contributed by atoms with Gasteiger partial charge in [0, 0.05) is 6.07 Å². The molecule has 3 aromatic rings. The van der Waals surface area contributed by atoms with Gasteiger partial charge >= 0.3 is 0 Å². The number of ether oxygens (including phenoxy) is 2. The zero-order chi connectivity index (χ0) is 23.6. The van der Waals surface area contributed by atoms with Gasteiger partial charge in [-0.3, -0.25) is 9.10 Å². The Balaban J connectivity index is 1.69. The number of carbonyl (C=O) groups excluding carboxylic acids is 1. The molecular weight excluding hydrogens is 494 g/mol. The lowest BCUT2D eigenvalue weighted by atomic mass is 10.3. The Morgan fingerprint density at radius 1 is 0.970 bits per heavy atom. The van der Waals surface area contributed by atoms with Crippen molar-refractivity contribution in [2.45, 2.75) is 4.90 Å². The number of nitrogens with one attached hydrogen (secondary N) is 1. The van der Waals surface area contributed by atoms with Crippen LogP contribution in [0.4, 0.5) is 15.8 Å². The first-order valence-corrected chi connectivity index (χ1v) is 11.9. The van der Waals surface area contributed by atoms with Crippen LogP contribution in [0.2, 0.25) is 10.0 Å². The van der Waals surface area contributed by atoms with Gasteiger partial charge < -0.3 is 14.8 Å². The van der Waals surface area contributed by atoms with E-state index in [-0.39, 0.29) is 38.7 Å². The van der Waals surface area contributed by atoms with Gasteiger partial charge in [0.25, 0.3) is 10.0 Å². The van der Waals surface area contributed by atoms with Crippen LogP contribution in [0.1, 0.15) is 0 Å². The molecule has 172 valence electrons. The van der Waals surface area contributed by atoms with Crippen LogP contribution in [0.5, 0.6) is 11.5 Å². The zero-order valence-electron chi connectivity index (χ0n) is 16.9. The van der Waals surface area contributed by atoms with Gasteiger partial charge in [-0.25, -0.2) is 12.8 Å². The molecule has 0 aromatic heterocycles. The molecule has 0 aliphatic carbocycles. The molecule has 0 spiro atoms. The van der Waals surface area contributed by atoms with Crippen LogP contribution < -0.4 is 19.1 Å². The SMILES string of the molecule is O=C(CN(c1ccc(F)cc1)S(=O)(=O)c1ccc2c(c1)OCCO2)Nc1c(Cl)cccc1Cl. The number of carbonyl (C=O) groups is 1. The summed E-state index contributed by atoms with van der Waals surface area (Å²) in [5.74, 6) is -0.563. The Kier molecular flexibility index (Phi) is 6.64. The minimum absolute atomic E-state index is 0.0895. The third-order valence-electron chi connectivity index (χ3n) is 4.73. The third-order valence-corrected chi connectivity index (χ3v) is 7.13. The molecule has 1 aliphatic heterocycles. The Morgan fingerprint density at radius 3 is 2.27 bits per heavy atom. The maximum Gasteiger partial charge on any atom is 0.264 e. The summed E-state index contributed by atoms with van der Waals surface area (Å²) in [6, 6.07) is 13.6. The van der Waals surface area contributed by atoms with Gasteiger partial charge in [-0.2, -0.15) is 0 Å². The summed E-state index contributed by atoms with van der Waals surface area (Å²) in [7, 11) is -4.26. The topological polar surface area (TPSA) is 84.9 Å². The van der Waals surface area contributed by atoms with Gasteiger partial charge in [0.05, 0.1) is 26.3 Å². The molecule has 0 unspecified atom stereocenters. The van der Waals surface area contributed by atoms with Crippen LogP contribution in [0, 0.1) is 5.82 Å². The first-order chi connectivity index (χ1) is 15.8. The van der Waals surface area contributed by atoms with Gasteiger partial charge in [0.15, 0.2) is 11.5 Å².